The highest BCUT2D eigenvalue weighted by molar-refractivity contribution is 7.13. The van der Waals surface area contributed by atoms with E-state index in [1.807, 2.05) is 46.2 Å². The molecule has 130 valence electrons. The summed E-state index contributed by atoms with van der Waals surface area (Å²) in [7, 11) is 0. The van der Waals surface area contributed by atoms with Crippen LogP contribution in [0.5, 0.6) is 0 Å². The second-order valence-corrected chi connectivity index (χ2v) is 7.33. The van der Waals surface area contributed by atoms with Crippen molar-refractivity contribution in [3.8, 4) is 10.7 Å². The van der Waals surface area contributed by atoms with Crippen LogP contribution in [0.1, 0.15) is 12.6 Å². The molecule has 1 amide bonds. The van der Waals surface area contributed by atoms with E-state index in [1.54, 1.807) is 11.3 Å². The lowest BCUT2D eigenvalue weighted by atomic mass is 10.2. The number of hydrogen-bond donors (Lipinski definition) is 1. The summed E-state index contributed by atoms with van der Waals surface area (Å²) in [4.78, 5) is 25.0. The van der Waals surface area contributed by atoms with Crippen molar-refractivity contribution in [3.63, 3.8) is 0 Å². The van der Waals surface area contributed by atoms with Crippen molar-refractivity contribution in [1.29, 1.82) is 0 Å². The second-order valence-electron chi connectivity index (χ2n) is 6.47. The van der Waals surface area contributed by atoms with E-state index < -0.39 is 0 Å². The quantitative estimate of drug-likeness (QED) is 0.783. The number of nitrogens with zero attached hydrogens (tertiary/aromatic N) is 4. The number of para-hydroxylation sites is 2. The second kappa shape index (κ2) is 6.57. The Balaban J connectivity index is 1.73. The van der Waals surface area contributed by atoms with E-state index in [1.165, 1.54) is 0 Å². The van der Waals surface area contributed by atoms with E-state index in [2.05, 4.69) is 17.2 Å². The zero-order valence-corrected chi connectivity index (χ0v) is 15.2. The molecule has 1 saturated heterocycles. The Bertz CT molecular complexity index is 915. The molecule has 1 aromatic carbocycles. The zero-order chi connectivity index (χ0) is 17.4. The highest BCUT2D eigenvalue weighted by Gasteiger charge is 2.23. The molecular weight excluding hydrogens is 334 g/mol. The van der Waals surface area contributed by atoms with Crippen molar-refractivity contribution in [2.75, 3.05) is 19.6 Å². The van der Waals surface area contributed by atoms with Gasteiger partial charge < -0.3 is 14.8 Å². The van der Waals surface area contributed by atoms with Crippen LogP contribution in [0.4, 0.5) is 0 Å². The van der Waals surface area contributed by atoms with Gasteiger partial charge in [-0.05, 0) is 26.0 Å². The zero-order valence-electron chi connectivity index (χ0n) is 14.4. The molecule has 3 heterocycles. The predicted molar refractivity (Wildman–Crippen MR) is 99.6 cm³/mol. The Hall–Kier alpha value is -2.25. The summed E-state index contributed by atoms with van der Waals surface area (Å²) < 4.78 is 2.03. The van der Waals surface area contributed by atoms with Gasteiger partial charge in [-0.25, -0.2) is 9.97 Å². The van der Waals surface area contributed by atoms with Gasteiger partial charge in [0.05, 0.1) is 27.1 Å². The summed E-state index contributed by atoms with van der Waals surface area (Å²) >= 11 is 1.57. The molecule has 1 N–H and O–H groups in total. The molecule has 0 radical (unpaired) electrons. The number of hydrogen-bond acceptors (Lipinski definition) is 5. The number of nitrogens with one attached hydrogen (secondary N) is 1. The monoisotopic (exact) mass is 355 g/mol. The molecule has 1 fully saturated rings. The molecule has 0 spiro atoms. The van der Waals surface area contributed by atoms with Crippen LogP contribution in [-0.2, 0) is 11.3 Å². The van der Waals surface area contributed by atoms with E-state index in [-0.39, 0.29) is 5.91 Å². The predicted octanol–water partition coefficient (Wildman–Crippen LogP) is 2.29. The van der Waals surface area contributed by atoms with Crippen LogP contribution in [-0.4, -0.2) is 51.0 Å². The minimum absolute atomic E-state index is 0.139. The van der Waals surface area contributed by atoms with Crippen LogP contribution in [0.3, 0.4) is 0 Å². The number of thiazole rings is 1. The van der Waals surface area contributed by atoms with E-state index in [0.717, 1.165) is 47.1 Å². The Kier molecular flexibility index (Phi) is 4.27. The largest absolute Gasteiger partial charge is 0.338 e. The van der Waals surface area contributed by atoms with Crippen LogP contribution in [0, 0.1) is 6.92 Å². The molecule has 2 aromatic heterocycles. The maximum atomic E-state index is 12.9. The van der Waals surface area contributed by atoms with Crippen molar-refractivity contribution in [2.24, 2.45) is 0 Å². The fourth-order valence-electron chi connectivity index (χ4n) is 3.32. The van der Waals surface area contributed by atoms with Crippen LogP contribution >= 0.6 is 11.3 Å². The first kappa shape index (κ1) is 16.2. The normalized spacial score (nSPS) is 18.0. The number of carbonyl (C=O) groups excluding carboxylic acids is 1. The van der Waals surface area contributed by atoms with Gasteiger partial charge in [-0.2, -0.15) is 0 Å². The lowest BCUT2D eigenvalue weighted by Crippen LogP contribution is -2.52. The average molecular weight is 355 g/mol. The molecule has 0 saturated carbocycles. The molecule has 7 heteroatoms. The molecule has 1 atom stereocenters. The Morgan fingerprint density at radius 3 is 3.00 bits per heavy atom. The highest BCUT2D eigenvalue weighted by atomic mass is 32.1. The molecule has 1 aliphatic rings. The van der Waals surface area contributed by atoms with Gasteiger partial charge in [-0.3, -0.25) is 4.79 Å². The summed E-state index contributed by atoms with van der Waals surface area (Å²) in [5.41, 5.74) is 4.67. The average Bonchev–Trinajstić information content (AvgIpc) is 3.18. The molecule has 0 aliphatic carbocycles. The summed E-state index contributed by atoms with van der Waals surface area (Å²) in [6.45, 7) is 6.75. The number of aromatic nitrogens is 3. The number of imidazole rings is 1. The van der Waals surface area contributed by atoms with Gasteiger partial charge in [0.2, 0.25) is 5.91 Å². The van der Waals surface area contributed by atoms with Crippen molar-refractivity contribution < 1.29 is 4.79 Å². The van der Waals surface area contributed by atoms with Crippen molar-refractivity contribution >= 4 is 28.3 Å². The number of amides is 1. The molecule has 4 rings (SSSR count). The number of carbonyl (C=O) groups is 1. The van der Waals surface area contributed by atoms with Gasteiger partial charge in [0, 0.05) is 25.7 Å². The minimum atomic E-state index is 0.139. The van der Waals surface area contributed by atoms with E-state index in [0.29, 0.717) is 12.6 Å². The van der Waals surface area contributed by atoms with Gasteiger partial charge in [0.1, 0.15) is 6.54 Å². The molecule has 0 unspecified atom stereocenters. The van der Waals surface area contributed by atoms with Gasteiger partial charge in [-0.15, -0.1) is 11.3 Å². The van der Waals surface area contributed by atoms with Crippen LogP contribution in [0.25, 0.3) is 21.7 Å². The number of benzene rings is 1. The summed E-state index contributed by atoms with van der Waals surface area (Å²) in [6, 6.07) is 8.31. The first-order valence-corrected chi connectivity index (χ1v) is 9.38. The topological polar surface area (TPSA) is 63.1 Å². The molecule has 1 aliphatic heterocycles. The smallest absolute Gasteiger partial charge is 0.242 e. The third-order valence-corrected chi connectivity index (χ3v) is 5.54. The maximum absolute atomic E-state index is 12.9. The molecule has 25 heavy (non-hydrogen) atoms. The van der Waals surface area contributed by atoms with Crippen LogP contribution in [0.2, 0.25) is 0 Å². The SMILES string of the molecule is Cc1ncsc1-c1nc2ccccc2n1CC(=O)N1CCN[C@H](C)C1. The van der Waals surface area contributed by atoms with Crippen molar-refractivity contribution in [2.45, 2.75) is 26.4 Å². The third-order valence-electron chi connectivity index (χ3n) is 4.62. The minimum Gasteiger partial charge on any atom is -0.338 e. The number of piperazine rings is 1. The van der Waals surface area contributed by atoms with Crippen molar-refractivity contribution in [1.82, 2.24) is 24.8 Å². The summed E-state index contributed by atoms with van der Waals surface area (Å²) in [6.07, 6.45) is 0. The van der Waals surface area contributed by atoms with Gasteiger partial charge in [-0.1, -0.05) is 12.1 Å². The van der Waals surface area contributed by atoms with Crippen LogP contribution < -0.4 is 5.32 Å². The Morgan fingerprint density at radius 1 is 1.40 bits per heavy atom. The number of aryl methyl sites for hydroxylation is 1. The number of fused-ring (bicyclic) bond motifs is 1. The molecular formula is C18H21N5OS. The summed E-state index contributed by atoms with van der Waals surface area (Å²) in [5, 5.41) is 3.38. The van der Waals surface area contributed by atoms with Gasteiger partial charge in [0.25, 0.3) is 0 Å². The standard InChI is InChI=1S/C18H21N5OS/c1-12-9-22(8-7-19-12)16(24)10-23-15-6-4-3-5-14(15)21-18(23)17-13(2)20-11-25-17/h3-6,11-12,19H,7-10H2,1-2H3/t12-/m1/s1. The van der Waals surface area contributed by atoms with E-state index >= 15 is 0 Å². The third kappa shape index (κ3) is 3.05. The fourth-order valence-corrected chi connectivity index (χ4v) is 4.12. The van der Waals surface area contributed by atoms with Crippen molar-refractivity contribution in [3.05, 3.63) is 35.5 Å². The van der Waals surface area contributed by atoms with Gasteiger partial charge in [0.15, 0.2) is 5.82 Å². The Labute approximate surface area is 150 Å². The highest BCUT2D eigenvalue weighted by Crippen LogP contribution is 2.30. The van der Waals surface area contributed by atoms with Crippen LogP contribution in [0.15, 0.2) is 29.8 Å². The first-order valence-electron chi connectivity index (χ1n) is 8.50. The Morgan fingerprint density at radius 2 is 2.24 bits per heavy atom. The first-order chi connectivity index (χ1) is 12.1. The molecule has 0 bridgehead atoms. The lowest BCUT2D eigenvalue weighted by molar-refractivity contribution is -0.132. The summed E-state index contributed by atoms with van der Waals surface area (Å²) in [5.74, 6) is 0.970. The maximum Gasteiger partial charge on any atom is 0.242 e. The van der Waals surface area contributed by atoms with Gasteiger partial charge >= 0.3 is 0 Å². The number of rotatable bonds is 3. The molecule has 6 nitrogen and oxygen atoms in total. The lowest BCUT2D eigenvalue weighted by Gasteiger charge is -2.32. The van der Waals surface area contributed by atoms with E-state index in [9.17, 15) is 4.79 Å². The fraction of sp³-hybridized carbons (Fsp3) is 0.389. The van der Waals surface area contributed by atoms with E-state index in [4.69, 9.17) is 4.98 Å². The molecule has 3 aromatic rings.